The molecule has 0 bridgehead atoms. The number of rotatable bonds is 2. The van der Waals surface area contributed by atoms with E-state index >= 15 is 0 Å². The summed E-state index contributed by atoms with van der Waals surface area (Å²) in [6.07, 6.45) is 8.23. The molecule has 4 N–H and O–H groups in total. The average molecular weight is 327 g/mol. The predicted molar refractivity (Wildman–Crippen MR) is 77.3 cm³/mol. The van der Waals surface area contributed by atoms with Crippen molar-refractivity contribution in [2.45, 2.75) is 69.1 Å². The van der Waals surface area contributed by atoms with E-state index < -0.39 is 20.1 Å². The molecule has 0 saturated heterocycles. The van der Waals surface area contributed by atoms with Crippen LogP contribution >= 0.6 is 15.2 Å². The molecule has 20 heavy (non-hydrogen) atoms. The van der Waals surface area contributed by atoms with Crippen LogP contribution in [-0.4, -0.2) is 24.5 Å². The molecule has 0 spiro atoms. The van der Waals surface area contributed by atoms with E-state index in [9.17, 15) is 28.7 Å². The summed E-state index contributed by atoms with van der Waals surface area (Å²) in [6, 6.07) is 0. The van der Waals surface area contributed by atoms with Gasteiger partial charge in [0, 0.05) is 0 Å². The first kappa shape index (κ1) is 18.3. The third-order valence-electron chi connectivity index (χ3n) is 4.04. The van der Waals surface area contributed by atoms with Crippen LogP contribution in [-0.2, 0) is 9.13 Å². The maximum atomic E-state index is 11.8. The molecule has 1 radical (unpaired) electrons. The van der Waals surface area contributed by atoms with E-state index in [1.807, 2.05) is 0 Å². The van der Waals surface area contributed by atoms with E-state index in [2.05, 4.69) is 0 Å². The first-order chi connectivity index (χ1) is 9.21. The normalized spacial score (nSPS) is 23.6. The van der Waals surface area contributed by atoms with Crippen molar-refractivity contribution in [2.24, 2.45) is 0 Å². The molecule has 6 nitrogen and oxygen atoms in total. The van der Waals surface area contributed by atoms with Crippen molar-refractivity contribution < 1.29 is 28.7 Å². The minimum atomic E-state index is -4.89. The maximum absolute atomic E-state index is 11.8. The van der Waals surface area contributed by atoms with Crippen LogP contribution in [0.25, 0.3) is 0 Å². The lowest BCUT2D eigenvalue weighted by atomic mass is 10.0. The fraction of sp³-hybridized carbons (Fsp3) is 0.917. The smallest absolute Gasteiger partial charge is 0.324 e. The highest BCUT2D eigenvalue weighted by Crippen LogP contribution is 2.72. The van der Waals surface area contributed by atoms with Gasteiger partial charge in [0.15, 0.2) is 4.90 Å². The van der Waals surface area contributed by atoms with Gasteiger partial charge in [-0.1, -0.05) is 51.4 Å². The minimum Gasteiger partial charge on any atom is -0.324 e. The second-order valence-corrected chi connectivity index (χ2v) is 9.82. The highest BCUT2D eigenvalue weighted by Gasteiger charge is 2.58. The van der Waals surface area contributed by atoms with Crippen LogP contribution in [0.15, 0.2) is 0 Å². The van der Waals surface area contributed by atoms with Gasteiger partial charge in [0.2, 0.25) is 0 Å². The number of hydrogen-bond donors (Lipinski definition) is 4. The standard InChI is InChI=1S/C12H25O6P2/c13-19(14,15)12(20(16,17)18)10-8-6-4-2-1-3-5-7-9-11-12/h8H,1-7,9-11H2,(H2,13,14,15)(H2,16,17,18). The summed E-state index contributed by atoms with van der Waals surface area (Å²) in [7, 11) is -9.79. The van der Waals surface area contributed by atoms with E-state index in [1.54, 1.807) is 6.42 Å². The Kier molecular flexibility index (Phi) is 6.91. The van der Waals surface area contributed by atoms with Gasteiger partial charge < -0.3 is 19.6 Å². The Labute approximate surface area is 120 Å². The molecular formula is C12H25O6P2. The van der Waals surface area contributed by atoms with Gasteiger partial charge in [0.05, 0.1) is 0 Å². The summed E-state index contributed by atoms with van der Waals surface area (Å²) >= 11 is 0. The van der Waals surface area contributed by atoms with Crippen molar-refractivity contribution in [3.63, 3.8) is 0 Å². The molecule has 1 rings (SSSR count). The van der Waals surface area contributed by atoms with Crippen LogP contribution in [0.3, 0.4) is 0 Å². The zero-order chi connectivity index (χ0) is 15.3. The van der Waals surface area contributed by atoms with Crippen LogP contribution < -0.4 is 0 Å². The Hall–Kier alpha value is 0.300. The quantitative estimate of drug-likeness (QED) is 0.579. The van der Waals surface area contributed by atoms with Crippen molar-refractivity contribution in [2.75, 3.05) is 0 Å². The highest BCUT2D eigenvalue weighted by molar-refractivity contribution is 7.72. The summed E-state index contributed by atoms with van der Waals surface area (Å²) in [5.41, 5.74) is 0. The zero-order valence-corrected chi connectivity index (χ0v) is 13.4. The van der Waals surface area contributed by atoms with Crippen molar-refractivity contribution in [3.05, 3.63) is 6.42 Å². The molecule has 0 heterocycles. The molecule has 1 fully saturated rings. The second kappa shape index (κ2) is 7.53. The van der Waals surface area contributed by atoms with Gasteiger partial charge >= 0.3 is 15.2 Å². The predicted octanol–water partition coefficient (Wildman–Crippen LogP) is 3.16. The molecule has 0 amide bonds. The first-order valence-electron chi connectivity index (χ1n) is 7.14. The minimum absolute atomic E-state index is 0.127. The Morgan fingerprint density at radius 1 is 0.750 bits per heavy atom. The molecule has 1 saturated carbocycles. The van der Waals surface area contributed by atoms with E-state index in [4.69, 9.17) is 0 Å². The molecule has 8 heteroatoms. The first-order valence-corrected chi connectivity index (χ1v) is 10.4. The molecule has 0 aromatic rings. The summed E-state index contributed by atoms with van der Waals surface area (Å²) in [4.78, 5) is 35.9. The maximum Gasteiger partial charge on any atom is 0.343 e. The van der Waals surface area contributed by atoms with Gasteiger partial charge in [-0.15, -0.1) is 0 Å². The molecule has 119 valence electrons. The molecule has 0 unspecified atom stereocenters. The molecule has 1 aliphatic rings. The summed E-state index contributed by atoms with van der Waals surface area (Å²) in [5.74, 6) is 0. The summed E-state index contributed by atoms with van der Waals surface area (Å²) < 4.78 is 23.5. The lowest BCUT2D eigenvalue weighted by molar-refractivity contribution is 0.294. The van der Waals surface area contributed by atoms with E-state index in [0.717, 1.165) is 38.5 Å². The Balaban J connectivity index is 2.96. The van der Waals surface area contributed by atoms with E-state index in [1.165, 1.54) is 0 Å². The third-order valence-corrected chi connectivity index (χ3v) is 8.59. The molecule has 0 aliphatic heterocycles. The Morgan fingerprint density at radius 3 is 1.70 bits per heavy atom. The molecule has 1 aliphatic carbocycles. The largest absolute Gasteiger partial charge is 0.343 e. The fourth-order valence-corrected chi connectivity index (χ4v) is 5.71. The van der Waals surface area contributed by atoms with Crippen LogP contribution in [0.4, 0.5) is 0 Å². The van der Waals surface area contributed by atoms with Gasteiger partial charge in [0.1, 0.15) is 0 Å². The SMILES string of the molecule is O=P(O)(O)C1(P(=O)(O)O)C[CH]CCCCCCCCC1. The van der Waals surface area contributed by atoms with Gasteiger partial charge in [0.25, 0.3) is 0 Å². The lowest BCUT2D eigenvalue weighted by Gasteiger charge is -2.35. The van der Waals surface area contributed by atoms with Crippen LogP contribution in [0.1, 0.15) is 64.2 Å². The van der Waals surface area contributed by atoms with Crippen molar-refractivity contribution >= 4 is 15.2 Å². The monoisotopic (exact) mass is 327 g/mol. The molecule has 0 atom stereocenters. The average Bonchev–Trinajstić information content (AvgIpc) is 2.26. The molecular weight excluding hydrogens is 302 g/mol. The van der Waals surface area contributed by atoms with Crippen molar-refractivity contribution in [1.82, 2.24) is 0 Å². The van der Waals surface area contributed by atoms with Gasteiger partial charge in [-0.05, 0) is 19.3 Å². The highest BCUT2D eigenvalue weighted by atomic mass is 31.2. The lowest BCUT2D eigenvalue weighted by Crippen LogP contribution is -2.29. The van der Waals surface area contributed by atoms with E-state index in [-0.39, 0.29) is 12.8 Å². The summed E-state index contributed by atoms with van der Waals surface area (Å²) in [5, 5.41) is 0. The van der Waals surface area contributed by atoms with Crippen molar-refractivity contribution in [1.29, 1.82) is 0 Å². The van der Waals surface area contributed by atoms with Crippen LogP contribution in [0.2, 0.25) is 0 Å². The van der Waals surface area contributed by atoms with Crippen LogP contribution in [0.5, 0.6) is 0 Å². The fourth-order valence-electron chi connectivity index (χ4n) is 2.71. The topological polar surface area (TPSA) is 115 Å². The van der Waals surface area contributed by atoms with Gasteiger partial charge in [-0.25, -0.2) is 0 Å². The van der Waals surface area contributed by atoms with Gasteiger partial charge in [-0.2, -0.15) is 0 Å². The number of hydrogen-bond acceptors (Lipinski definition) is 2. The summed E-state index contributed by atoms with van der Waals surface area (Å²) in [6.45, 7) is 0. The van der Waals surface area contributed by atoms with Gasteiger partial charge in [-0.3, -0.25) is 9.13 Å². The molecule has 0 aromatic heterocycles. The van der Waals surface area contributed by atoms with Crippen LogP contribution in [0, 0.1) is 6.42 Å². The Morgan fingerprint density at radius 2 is 1.20 bits per heavy atom. The zero-order valence-electron chi connectivity index (χ0n) is 11.6. The second-order valence-electron chi connectivity index (χ2n) is 5.58. The van der Waals surface area contributed by atoms with Crippen molar-refractivity contribution in [3.8, 4) is 0 Å². The van der Waals surface area contributed by atoms with E-state index in [0.29, 0.717) is 12.8 Å². The Bertz CT molecular complexity index is 349. The third kappa shape index (κ3) is 4.66. The molecule has 0 aromatic carbocycles.